The molecule has 2 aliphatic rings. The molecule has 0 aliphatic carbocycles. The number of piperazine rings is 1. The van der Waals surface area contributed by atoms with Crippen molar-refractivity contribution in [2.75, 3.05) is 64.3 Å². The Morgan fingerprint density at radius 2 is 1.69 bits per heavy atom. The lowest BCUT2D eigenvalue weighted by Crippen LogP contribution is -2.48. The molecule has 4 rings (SSSR count). The Morgan fingerprint density at radius 1 is 0.969 bits per heavy atom. The maximum Gasteiger partial charge on any atom is 0.225 e. The Morgan fingerprint density at radius 3 is 2.38 bits per heavy atom. The molecule has 2 aliphatic heterocycles. The fourth-order valence-electron chi connectivity index (χ4n) is 4.76. The van der Waals surface area contributed by atoms with E-state index in [-0.39, 0.29) is 0 Å². The van der Waals surface area contributed by atoms with Crippen molar-refractivity contribution < 1.29 is 0 Å². The predicted molar refractivity (Wildman–Crippen MR) is 131 cm³/mol. The smallest absolute Gasteiger partial charge is 0.225 e. The predicted octanol–water partition coefficient (Wildman–Crippen LogP) is 2.52. The van der Waals surface area contributed by atoms with Crippen LogP contribution in [0, 0.1) is 5.92 Å². The van der Waals surface area contributed by atoms with Gasteiger partial charge in [0.05, 0.1) is 0 Å². The van der Waals surface area contributed by atoms with E-state index in [1.165, 1.54) is 24.8 Å². The summed E-state index contributed by atoms with van der Waals surface area (Å²) in [4.78, 5) is 20.5. The number of aliphatic imine (C=N–C) groups is 1. The monoisotopic (exact) mass is 435 g/mol. The van der Waals surface area contributed by atoms with Crippen molar-refractivity contribution in [3.8, 4) is 0 Å². The van der Waals surface area contributed by atoms with Crippen LogP contribution in [0.4, 0.5) is 5.95 Å². The van der Waals surface area contributed by atoms with E-state index in [1.807, 2.05) is 25.5 Å². The molecular formula is C25H37N7. The maximum atomic E-state index is 4.55. The van der Waals surface area contributed by atoms with E-state index < -0.39 is 0 Å². The van der Waals surface area contributed by atoms with Gasteiger partial charge in [0, 0.05) is 65.3 Å². The molecule has 0 radical (unpaired) electrons. The van der Waals surface area contributed by atoms with E-state index in [2.05, 4.69) is 65.3 Å². The number of nitrogens with zero attached hydrogens (tertiary/aromatic N) is 6. The number of benzene rings is 1. The first kappa shape index (κ1) is 22.5. The molecule has 0 bridgehead atoms. The van der Waals surface area contributed by atoms with Gasteiger partial charge in [-0.1, -0.05) is 30.3 Å². The summed E-state index contributed by atoms with van der Waals surface area (Å²) in [5, 5.41) is 3.60. The van der Waals surface area contributed by atoms with Gasteiger partial charge in [0.1, 0.15) is 0 Å². The maximum absolute atomic E-state index is 4.55. The van der Waals surface area contributed by atoms with Gasteiger partial charge in [-0.25, -0.2) is 9.97 Å². The molecule has 0 unspecified atom stereocenters. The summed E-state index contributed by atoms with van der Waals surface area (Å²) >= 11 is 0. The summed E-state index contributed by atoms with van der Waals surface area (Å²) < 4.78 is 0. The molecule has 1 N–H and O–H groups in total. The minimum atomic E-state index is 0.784. The van der Waals surface area contributed by atoms with Crippen LogP contribution in [0.15, 0.2) is 53.8 Å². The molecule has 0 amide bonds. The van der Waals surface area contributed by atoms with Crippen molar-refractivity contribution in [3.63, 3.8) is 0 Å². The number of nitrogens with one attached hydrogen (secondary N) is 1. The number of piperidine rings is 1. The third kappa shape index (κ3) is 6.42. The van der Waals surface area contributed by atoms with Gasteiger partial charge in [0.25, 0.3) is 0 Å². The van der Waals surface area contributed by atoms with Crippen molar-refractivity contribution in [1.29, 1.82) is 0 Å². The second-order valence-electron chi connectivity index (χ2n) is 8.83. The zero-order valence-electron chi connectivity index (χ0n) is 19.4. The number of guanidine groups is 1. The molecule has 2 fully saturated rings. The summed E-state index contributed by atoms with van der Waals surface area (Å²) in [6.07, 6.45) is 8.45. The highest BCUT2D eigenvalue weighted by Crippen LogP contribution is 2.21. The van der Waals surface area contributed by atoms with Crippen LogP contribution in [0.2, 0.25) is 0 Å². The normalized spacial score (nSPS) is 18.7. The molecular weight excluding hydrogens is 398 g/mol. The zero-order chi connectivity index (χ0) is 22.0. The second-order valence-corrected chi connectivity index (χ2v) is 8.83. The zero-order valence-corrected chi connectivity index (χ0v) is 19.4. The number of aromatic nitrogens is 2. The highest BCUT2D eigenvalue weighted by atomic mass is 15.3. The molecule has 1 aromatic carbocycles. The highest BCUT2D eigenvalue weighted by molar-refractivity contribution is 5.79. The van der Waals surface area contributed by atoms with Crippen LogP contribution in [0.1, 0.15) is 24.8 Å². The van der Waals surface area contributed by atoms with Gasteiger partial charge in [-0.2, -0.15) is 0 Å². The van der Waals surface area contributed by atoms with Crippen LogP contribution in [0.5, 0.6) is 0 Å². The number of rotatable bonds is 7. The summed E-state index contributed by atoms with van der Waals surface area (Å²) in [6, 6.07) is 12.8. The fraction of sp³-hybridized carbons (Fsp3) is 0.560. The Hall–Kier alpha value is -2.67. The lowest BCUT2D eigenvalue weighted by Gasteiger charge is -2.35. The largest absolute Gasteiger partial charge is 0.356 e. The minimum absolute atomic E-state index is 0.784. The van der Waals surface area contributed by atoms with Crippen LogP contribution < -0.4 is 10.2 Å². The minimum Gasteiger partial charge on any atom is -0.356 e. The summed E-state index contributed by atoms with van der Waals surface area (Å²) in [5.74, 6) is 2.70. The van der Waals surface area contributed by atoms with Gasteiger partial charge in [-0.3, -0.25) is 9.89 Å². The molecule has 2 aromatic rings. The molecule has 0 saturated carbocycles. The third-order valence-electron chi connectivity index (χ3n) is 6.63. The quantitative estimate of drug-likeness (QED) is 0.410. The summed E-state index contributed by atoms with van der Waals surface area (Å²) in [6.45, 7) is 8.42. The number of anilines is 1. The molecule has 7 nitrogen and oxygen atoms in total. The Bertz CT molecular complexity index is 811. The number of likely N-dealkylation sites (tertiary alicyclic amines) is 1. The van der Waals surface area contributed by atoms with Crippen molar-refractivity contribution in [1.82, 2.24) is 25.1 Å². The molecule has 3 heterocycles. The van der Waals surface area contributed by atoms with Crippen molar-refractivity contribution >= 4 is 11.9 Å². The van der Waals surface area contributed by atoms with E-state index in [1.54, 1.807) is 0 Å². The number of hydrogen-bond acceptors (Lipinski definition) is 5. The van der Waals surface area contributed by atoms with Gasteiger partial charge in [-0.15, -0.1) is 0 Å². The standard InChI is InChI=1S/C25H37N7/c1-26-24(31-15-9-23(10-16-31)21-22-7-3-2-4-8-22)27-13-6-14-30-17-19-32(20-18-30)25-28-11-5-12-29-25/h2-5,7-8,11-12,23H,6,9-10,13-21H2,1H3,(H,26,27). The van der Waals surface area contributed by atoms with E-state index in [0.29, 0.717) is 0 Å². The van der Waals surface area contributed by atoms with Crippen LogP contribution in [-0.2, 0) is 6.42 Å². The SMILES string of the molecule is CN=C(NCCCN1CCN(c2ncccn2)CC1)N1CCC(Cc2ccccc2)CC1. The molecule has 0 spiro atoms. The van der Waals surface area contributed by atoms with E-state index in [0.717, 1.165) is 76.6 Å². The lowest BCUT2D eigenvalue weighted by atomic mass is 9.90. The van der Waals surface area contributed by atoms with Gasteiger partial charge >= 0.3 is 0 Å². The van der Waals surface area contributed by atoms with Crippen LogP contribution >= 0.6 is 0 Å². The molecule has 7 heteroatoms. The van der Waals surface area contributed by atoms with Gasteiger partial charge in [0.2, 0.25) is 5.95 Å². The van der Waals surface area contributed by atoms with Crippen molar-refractivity contribution in [3.05, 3.63) is 54.4 Å². The molecule has 32 heavy (non-hydrogen) atoms. The lowest BCUT2D eigenvalue weighted by molar-refractivity contribution is 0.249. The third-order valence-corrected chi connectivity index (χ3v) is 6.63. The Kier molecular flexibility index (Phi) is 8.31. The molecule has 0 atom stereocenters. The average Bonchev–Trinajstić information content (AvgIpc) is 2.86. The summed E-state index contributed by atoms with van der Waals surface area (Å²) in [5.41, 5.74) is 1.46. The first-order valence-corrected chi connectivity index (χ1v) is 12.1. The Labute approximate surface area is 192 Å². The van der Waals surface area contributed by atoms with Gasteiger partial charge in [0.15, 0.2) is 5.96 Å². The van der Waals surface area contributed by atoms with E-state index in [9.17, 15) is 0 Å². The van der Waals surface area contributed by atoms with Crippen molar-refractivity contribution in [2.45, 2.75) is 25.7 Å². The van der Waals surface area contributed by atoms with Crippen LogP contribution in [0.3, 0.4) is 0 Å². The fourth-order valence-corrected chi connectivity index (χ4v) is 4.76. The Balaban J connectivity index is 1.11. The highest BCUT2D eigenvalue weighted by Gasteiger charge is 2.22. The second kappa shape index (κ2) is 11.8. The first-order valence-electron chi connectivity index (χ1n) is 12.1. The first-order chi connectivity index (χ1) is 15.8. The van der Waals surface area contributed by atoms with Crippen LogP contribution in [0.25, 0.3) is 0 Å². The molecule has 172 valence electrons. The summed E-state index contributed by atoms with van der Waals surface area (Å²) in [7, 11) is 1.91. The van der Waals surface area contributed by atoms with E-state index >= 15 is 0 Å². The van der Waals surface area contributed by atoms with Gasteiger partial charge in [-0.05, 0) is 49.8 Å². The van der Waals surface area contributed by atoms with Gasteiger partial charge < -0.3 is 15.1 Å². The number of hydrogen-bond donors (Lipinski definition) is 1. The average molecular weight is 436 g/mol. The molecule has 1 aromatic heterocycles. The topological polar surface area (TPSA) is 59.9 Å². The van der Waals surface area contributed by atoms with E-state index in [4.69, 9.17) is 0 Å². The van der Waals surface area contributed by atoms with Crippen molar-refractivity contribution in [2.24, 2.45) is 10.9 Å². The van der Waals surface area contributed by atoms with Crippen LogP contribution in [-0.4, -0.2) is 85.1 Å². The molecule has 2 saturated heterocycles.